The Morgan fingerprint density at radius 2 is 1.29 bits per heavy atom. The van der Waals surface area contributed by atoms with Gasteiger partial charge in [0.2, 0.25) is 41.4 Å². The topological polar surface area (TPSA) is 419 Å². The van der Waals surface area contributed by atoms with Crippen molar-refractivity contribution in [1.82, 2.24) is 31.9 Å². The SMILES string of the molecule is CC(=O)NC1C(OC2C(CO)OC(O)C(NC(C)=O)C2OC(C)C(=O)NC(C)C(=O)NC(CCC(=O)NC(CCCCN)C(=O)NC(C)C(=O)O)C(N)=O)OC(CO)C(O)C1O. The van der Waals surface area contributed by atoms with Gasteiger partial charge in [-0.3, -0.25) is 38.4 Å². The number of rotatable bonds is 24. The lowest BCUT2D eigenvalue weighted by Gasteiger charge is -2.48. The van der Waals surface area contributed by atoms with Crippen LogP contribution in [0.5, 0.6) is 0 Å². The lowest BCUT2D eigenvalue weighted by Crippen LogP contribution is -2.70. The molecule has 0 aromatic rings. The van der Waals surface area contributed by atoms with Gasteiger partial charge >= 0.3 is 5.97 Å². The van der Waals surface area contributed by atoms with E-state index < -0.39 is 159 Å². The van der Waals surface area contributed by atoms with E-state index in [-0.39, 0.29) is 12.8 Å². The second kappa shape index (κ2) is 25.5. The molecule has 2 heterocycles. The average molecular weight is 895 g/mol. The van der Waals surface area contributed by atoms with Crippen LogP contribution in [0.2, 0.25) is 0 Å². The van der Waals surface area contributed by atoms with E-state index in [2.05, 4.69) is 31.9 Å². The van der Waals surface area contributed by atoms with Crippen LogP contribution in [-0.4, -0.2) is 189 Å². The summed E-state index contributed by atoms with van der Waals surface area (Å²) in [5, 5.41) is 75.5. The van der Waals surface area contributed by atoms with Crippen molar-refractivity contribution in [3.05, 3.63) is 0 Å². The predicted molar refractivity (Wildman–Crippen MR) is 208 cm³/mol. The summed E-state index contributed by atoms with van der Waals surface area (Å²) >= 11 is 0. The Morgan fingerprint density at radius 1 is 0.694 bits per heavy atom. The fourth-order valence-electron chi connectivity index (χ4n) is 6.48. The number of amides is 7. The number of carbonyl (C=O) groups is 8. The maximum atomic E-state index is 13.4. The lowest BCUT2D eigenvalue weighted by molar-refractivity contribution is -0.333. The second-order valence-electron chi connectivity index (χ2n) is 15.0. The first-order chi connectivity index (χ1) is 29.1. The van der Waals surface area contributed by atoms with Crippen LogP contribution >= 0.6 is 0 Å². The first-order valence-corrected chi connectivity index (χ1v) is 19.9. The molecule has 2 saturated heterocycles. The van der Waals surface area contributed by atoms with Crippen LogP contribution in [0.1, 0.15) is 66.7 Å². The van der Waals surface area contributed by atoms with E-state index in [4.69, 9.17) is 35.5 Å². The van der Waals surface area contributed by atoms with Gasteiger partial charge in [-0.25, -0.2) is 0 Å². The van der Waals surface area contributed by atoms with Crippen molar-refractivity contribution in [2.75, 3.05) is 19.8 Å². The van der Waals surface area contributed by atoms with E-state index in [0.29, 0.717) is 19.4 Å². The molecule has 26 heteroatoms. The molecule has 0 aliphatic carbocycles. The van der Waals surface area contributed by atoms with Crippen LogP contribution in [0.25, 0.3) is 0 Å². The smallest absolute Gasteiger partial charge is 0.325 e. The van der Waals surface area contributed by atoms with Gasteiger partial charge in [0.25, 0.3) is 0 Å². The summed E-state index contributed by atoms with van der Waals surface area (Å²) in [4.78, 5) is 99.9. The number of aliphatic carboxylic acids is 1. The summed E-state index contributed by atoms with van der Waals surface area (Å²) in [5.74, 6) is -7.13. The van der Waals surface area contributed by atoms with Crippen molar-refractivity contribution in [2.24, 2.45) is 11.5 Å². The third kappa shape index (κ3) is 15.9. The van der Waals surface area contributed by atoms with Crippen molar-refractivity contribution in [2.45, 2.75) is 158 Å². The lowest BCUT2D eigenvalue weighted by atomic mass is 9.94. The number of nitrogens with two attached hydrogens (primary N) is 2. The van der Waals surface area contributed by atoms with E-state index in [9.17, 15) is 63.9 Å². The normalized spacial score (nSPS) is 28.4. The number of ether oxygens (including phenoxy) is 4. The van der Waals surface area contributed by atoms with E-state index in [1.807, 2.05) is 0 Å². The standard InChI is InChI=1S/C36H62N8O18/c1-14(31(53)44-19(30(38)52)9-10-23(49)43-20(8-6-7-11-37)33(55)40-15(2)34(56)57)39-32(54)16(3)59-29-25(42-18(5)48)35(58)60-22(13-46)28(29)62-36-24(41-17(4)47)27(51)26(50)21(12-45)61-36/h14-16,19-22,24-29,35-36,45-46,50-51,58H,6-13,37H2,1-5H3,(H2,38,52)(H,39,54)(H,40,55)(H,41,47)(H,42,48)(H,43,49)(H,44,53)(H,56,57). The van der Waals surface area contributed by atoms with Crippen molar-refractivity contribution in [3.63, 3.8) is 0 Å². The molecule has 2 rings (SSSR count). The molecule has 2 aliphatic rings. The molecule has 2 aliphatic heterocycles. The Bertz CT molecular complexity index is 1560. The van der Waals surface area contributed by atoms with Crippen LogP contribution in [0.4, 0.5) is 0 Å². The molecule has 0 spiro atoms. The molecule has 0 saturated carbocycles. The summed E-state index contributed by atoms with van der Waals surface area (Å²) < 4.78 is 23.2. The van der Waals surface area contributed by atoms with Gasteiger partial charge in [0, 0.05) is 20.3 Å². The van der Waals surface area contributed by atoms with Gasteiger partial charge in [-0.15, -0.1) is 0 Å². The minimum absolute atomic E-state index is 0.128. The molecule has 15 atom stereocenters. The van der Waals surface area contributed by atoms with Gasteiger partial charge in [0.1, 0.15) is 79.0 Å². The molecule has 26 nitrogen and oxygen atoms in total. The van der Waals surface area contributed by atoms with Crippen molar-refractivity contribution in [1.29, 1.82) is 0 Å². The molecule has 7 amide bonds. The maximum absolute atomic E-state index is 13.4. The van der Waals surface area contributed by atoms with Gasteiger partial charge < -0.3 is 93.0 Å². The first kappa shape index (κ1) is 53.5. The zero-order valence-electron chi connectivity index (χ0n) is 35.1. The zero-order valence-corrected chi connectivity index (χ0v) is 35.1. The van der Waals surface area contributed by atoms with Crippen LogP contribution in [0, 0.1) is 0 Å². The third-order valence-electron chi connectivity index (χ3n) is 9.89. The highest BCUT2D eigenvalue weighted by molar-refractivity contribution is 5.93. The fourth-order valence-corrected chi connectivity index (χ4v) is 6.48. The molecule has 0 radical (unpaired) electrons. The summed E-state index contributed by atoms with van der Waals surface area (Å²) in [6.07, 6.45) is -14.4. The average Bonchev–Trinajstić information content (AvgIpc) is 3.19. The highest BCUT2D eigenvalue weighted by Crippen LogP contribution is 2.31. The van der Waals surface area contributed by atoms with E-state index in [1.54, 1.807) is 0 Å². The summed E-state index contributed by atoms with van der Waals surface area (Å²) in [6.45, 7) is 4.51. The minimum atomic E-state index is -1.87. The van der Waals surface area contributed by atoms with Crippen LogP contribution in [-0.2, 0) is 57.3 Å². The number of carboxylic acid groups (broad SMARTS) is 1. The van der Waals surface area contributed by atoms with Crippen molar-refractivity contribution in [3.8, 4) is 0 Å². The fraction of sp³-hybridized carbons (Fsp3) is 0.778. The van der Waals surface area contributed by atoms with E-state index in [1.165, 1.54) is 20.8 Å². The van der Waals surface area contributed by atoms with Gasteiger partial charge in [0.15, 0.2) is 12.6 Å². The highest BCUT2D eigenvalue weighted by atomic mass is 16.7. The Morgan fingerprint density at radius 3 is 1.84 bits per heavy atom. The molecular formula is C36H62N8O18. The summed E-state index contributed by atoms with van der Waals surface area (Å²) in [5.41, 5.74) is 11.0. The van der Waals surface area contributed by atoms with Gasteiger partial charge in [-0.05, 0) is 53.0 Å². The number of primary amides is 1. The Labute approximate surface area is 356 Å². The number of nitrogens with one attached hydrogen (secondary N) is 6. The number of hydrogen-bond acceptors (Lipinski definition) is 18. The molecule has 0 bridgehead atoms. The molecule has 354 valence electrons. The number of carbonyl (C=O) groups excluding carboxylic acids is 7. The minimum Gasteiger partial charge on any atom is -0.480 e. The molecule has 0 aromatic heterocycles. The largest absolute Gasteiger partial charge is 0.480 e. The number of aliphatic hydroxyl groups excluding tert-OH is 5. The molecule has 2 fully saturated rings. The Balaban J connectivity index is 2.21. The number of unbranched alkanes of at least 4 members (excludes halogenated alkanes) is 1. The molecular weight excluding hydrogens is 832 g/mol. The monoisotopic (exact) mass is 894 g/mol. The summed E-state index contributed by atoms with van der Waals surface area (Å²) in [7, 11) is 0. The van der Waals surface area contributed by atoms with E-state index >= 15 is 0 Å². The van der Waals surface area contributed by atoms with Crippen LogP contribution in [0.3, 0.4) is 0 Å². The molecule has 15 unspecified atom stereocenters. The number of aliphatic hydroxyl groups is 5. The number of hydrogen-bond donors (Lipinski definition) is 14. The summed E-state index contributed by atoms with van der Waals surface area (Å²) in [6, 6.07) is -8.21. The Hall–Kier alpha value is -4.64. The van der Waals surface area contributed by atoms with Crippen molar-refractivity contribution < 1.29 is 87.9 Å². The predicted octanol–water partition coefficient (Wildman–Crippen LogP) is -7.24. The van der Waals surface area contributed by atoms with Crippen LogP contribution in [0.15, 0.2) is 0 Å². The van der Waals surface area contributed by atoms with Gasteiger partial charge in [0.05, 0.1) is 13.2 Å². The van der Waals surface area contributed by atoms with Crippen LogP contribution < -0.4 is 43.4 Å². The van der Waals surface area contributed by atoms with Gasteiger partial charge in [-0.1, -0.05) is 0 Å². The third-order valence-corrected chi connectivity index (χ3v) is 9.89. The quantitative estimate of drug-likeness (QED) is 0.0400. The molecule has 16 N–H and O–H groups in total. The van der Waals surface area contributed by atoms with E-state index in [0.717, 1.165) is 13.8 Å². The Kier molecular flexibility index (Phi) is 22.0. The maximum Gasteiger partial charge on any atom is 0.325 e. The highest BCUT2D eigenvalue weighted by Gasteiger charge is 2.53. The molecule has 62 heavy (non-hydrogen) atoms. The molecule has 0 aromatic carbocycles. The second-order valence-corrected chi connectivity index (χ2v) is 15.0. The first-order valence-electron chi connectivity index (χ1n) is 19.9. The van der Waals surface area contributed by atoms with Crippen molar-refractivity contribution >= 4 is 47.3 Å². The van der Waals surface area contributed by atoms with Gasteiger partial charge in [-0.2, -0.15) is 0 Å². The zero-order chi connectivity index (χ0) is 47.0. The number of carboxylic acids is 1.